The molecule has 1 aromatic heterocycles. The molecule has 0 spiro atoms. The SMILES string of the molecule is CCOC(=O)c1cc2n(n1)C[C@@](C)(C(=O)NCc1ccc(Cl)cc1)N(Cc1cccc(C)c1)C2=O. The van der Waals surface area contributed by atoms with E-state index in [-0.39, 0.29) is 49.4 Å². The molecule has 9 heteroatoms. The van der Waals surface area contributed by atoms with Gasteiger partial charge in [0.25, 0.3) is 5.91 Å². The van der Waals surface area contributed by atoms with Crippen molar-refractivity contribution >= 4 is 29.4 Å². The Kier molecular flexibility index (Phi) is 6.93. The van der Waals surface area contributed by atoms with Gasteiger partial charge in [-0.25, -0.2) is 4.79 Å². The Labute approximate surface area is 208 Å². The Balaban J connectivity index is 1.67. The molecule has 1 aliphatic rings. The molecule has 2 amide bonds. The van der Waals surface area contributed by atoms with Gasteiger partial charge in [0.2, 0.25) is 5.91 Å². The highest BCUT2D eigenvalue weighted by molar-refractivity contribution is 6.30. The number of carbonyl (C=O) groups is 3. The van der Waals surface area contributed by atoms with Gasteiger partial charge in [0, 0.05) is 24.2 Å². The highest BCUT2D eigenvalue weighted by Crippen LogP contribution is 2.30. The highest BCUT2D eigenvalue weighted by Gasteiger charge is 2.48. The summed E-state index contributed by atoms with van der Waals surface area (Å²) in [6.07, 6.45) is 0. The number of fused-ring (bicyclic) bond motifs is 1. The summed E-state index contributed by atoms with van der Waals surface area (Å²) < 4.78 is 6.46. The predicted octanol–water partition coefficient (Wildman–Crippen LogP) is 3.75. The third-order valence-electron chi connectivity index (χ3n) is 6.06. The normalized spacial score (nSPS) is 17.1. The third-order valence-corrected chi connectivity index (χ3v) is 6.31. The summed E-state index contributed by atoms with van der Waals surface area (Å²) in [7, 11) is 0. The first-order valence-electron chi connectivity index (χ1n) is 11.4. The van der Waals surface area contributed by atoms with E-state index in [1.54, 1.807) is 30.9 Å². The number of hydrogen-bond donors (Lipinski definition) is 1. The molecule has 0 saturated carbocycles. The number of aromatic nitrogens is 2. The molecule has 4 rings (SSSR count). The van der Waals surface area contributed by atoms with Crippen LogP contribution in [-0.2, 0) is 29.2 Å². The second-order valence-electron chi connectivity index (χ2n) is 8.76. The number of halogens is 1. The fraction of sp³-hybridized carbons (Fsp3) is 0.308. The van der Waals surface area contributed by atoms with E-state index >= 15 is 0 Å². The molecule has 1 atom stereocenters. The van der Waals surface area contributed by atoms with Crippen molar-refractivity contribution < 1.29 is 19.1 Å². The molecule has 0 bridgehead atoms. The Morgan fingerprint density at radius 2 is 1.89 bits per heavy atom. The molecule has 0 saturated heterocycles. The quantitative estimate of drug-likeness (QED) is 0.505. The van der Waals surface area contributed by atoms with Gasteiger partial charge in [-0.15, -0.1) is 0 Å². The third kappa shape index (κ3) is 5.07. The maximum absolute atomic E-state index is 13.6. The van der Waals surface area contributed by atoms with Crippen LogP contribution in [0.4, 0.5) is 0 Å². The van der Waals surface area contributed by atoms with E-state index in [4.69, 9.17) is 16.3 Å². The zero-order chi connectivity index (χ0) is 25.2. The standard InChI is InChI=1S/C26H27ClN4O4/c1-4-35-24(33)21-13-22-23(32)30(15-19-7-5-6-17(2)12-19)26(3,16-31(22)29-21)25(34)28-14-18-8-10-20(27)11-9-18/h5-13H,4,14-16H2,1-3H3,(H,28,34)/t26-/m0/s1. The second-order valence-corrected chi connectivity index (χ2v) is 9.19. The number of esters is 1. The minimum Gasteiger partial charge on any atom is -0.461 e. The summed E-state index contributed by atoms with van der Waals surface area (Å²) >= 11 is 5.96. The average Bonchev–Trinajstić information content (AvgIpc) is 3.25. The van der Waals surface area contributed by atoms with Crippen LogP contribution in [0.25, 0.3) is 0 Å². The Morgan fingerprint density at radius 3 is 2.57 bits per heavy atom. The first-order chi connectivity index (χ1) is 16.7. The molecule has 2 aromatic carbocycles. The molecule has 0 fully saturated rings. The summed E-state index contributed by atoms with van der Waals surface area (Å²) in [4.78, 5) is 41.0. The van der Waals surface area contributed by atoms with Crippen LogP contribution in [-0.4, -0.2) is 44.6 Å². The first kappa shape index (κ1) is 24.5. The van der Waals surface area contributed by atoms with Crippen molar-refractivity contribution in [3.8, 4) is 0 Å². The minimum atomic E-state index is -1.25. The van der Waals surface area contributed by atoms with E-state index in [0.717, 1.165) is 16.7 Å². The van der Waals surface area contributed by atoms with Crippen LogP contribution in [0.15, 0.2) is 54.6 Å². The Morgan fingerprint density at radius 1 is 1.14 bits per heavy atom. The van der Waals surface area contributed by atoms with Crippen molar-refractivity contribution in [3.05, 3.63) is 87.7 Å². The zero-order valence-corrected chi connectivity index (χ0v) is 20.6. The maximum atomic E-state index is 13.6. The number of hydrogen-bond acceptors (Lipinski definition) is 5. The van der Waals surface area contributed by atoms with Gasteiger partial charge in [-0.2, -0.15) is 5.10 Å². The largest absolute Gasteiger partial charge is 0.461 e. The maximum Gasteiger partial charge on any atom is 0.358 e. The summed E-state index contributed by atoms with van der Waals surface area (Å²) in [5.41, 5.74) is 1.85. The van der Waals surface area contributed by atoms with Gasteiger partial charge in [-0.05, 0) is 44.0 Å². The summed E-state index contributed by atoms with van der Waals surface area (Å²) in [6, 6.07) is 16.4. The summed E-state index contributed by atoms with van der Waals surface area (Å²) in [5, 5.41) is 7.84. The average molecular weight is 495 g/mol. The van der Waals surface area contributed by atoms with E-state index in [9.17, 15) is 14.4 Å². The number of rotatable bonds is 7. The molecule has 8 nitrogen and oxygen atoms in total. The van der Waals surface area contributed by atoms with Gasteiger partial charge in [0.05, 0.1) is 13.2 Å². The number of ether oxygens (including phenoxy) is 1. The van der Waals surface area contributed by atoms with E-state index in [2.05, 4.69) is 10.4 Å². The van der Waals surface area contributed by atoms with Gasteiger partial charge in [0.15, 0.2) is 5.69 Å². The lowest BCUT2D eigenvalue weighted by Crippen LogP contribution is -2.63. The van der Waals surface area contributed by atoms with E-state index in [1.807, 2.05) is 43.3 Å². The molecule has 0 radical (unpaired) electrons. The number of nitrogens with zero attached hydrogens (tertiary/aromatic N) is 3. The van der Waals surface area contributed by atoms with Gasteiger partial charge < -0.3 is 15.0 Å². The van der Waals surface area contributed by atoms with Crippen molar-refractivity contribution in [1.82, 2.24) is 20.0 Å². The lowest BCUT2D eigenvalue weighted by molar-refractivity contribution is -0.133. The fourth-order valence-corrected chi connectivity index (χ4v) is 4.29. The van der Waals surface area contributed by atoms with E-state index < -0.39 is 11.5 Å². The number of aryl methyl sites for hydroxylation is 1. The number of nitrogens with one attached hydrogen (secondary N) is 1. The predicted molar refractivity (Wildman–Crippen MR) is 131 cm³/mol. The molecule has 1 aliphatic heterocycles. The minimum absolute atomic E-state index is 0.0385. The first-order valence-corrected chi connectivity index (χ1v) is 11.7. The second kappa shape index (κ2) is 9.92. The lowest BCUT2D eigenvalue weighted by Gasteiger charge is -2.43. The van der Waals surface area contributed by atoms with E-state index in [0.29, 0.717) is 5.02 Å². The molecule has 182 valence electrons. The molecular weight excluding hydrogens is 468 g/mol. The van der Waals surface area contributed by atoms with Crippen LogP contribution in [0.3, 0.4) is 0 Å². The Bertz CT molecular complexity index is 1270. The number of carbonyl (C=O) groups excluding carboxylic acids is 3. The van der Waals surface area contributed by atoms with Crippen LogP contribution < -0.4 is 5.32 Å². The van der Waals surface area contributed by atoms with Gasteiger partial charge in [-0.3, -0.25) is 14.3 Å². The monoisotopic (exact) mass is 494 g/mol. The molecule has 3 aromatic rings. The molecule has 2 heterocycles. The van der Waals surface area contributed by atoms with Crippen LogP contribution in [0.5, 0.6) is 0 Å². The fourth-order valence-electron chi connectivity index (χ4n) is 4.16. The lowest BCUT2D eigenvalue weighted by atomic mass is 9.93. The molecule has 0 unspecified atom stereocenters. The zero-order valence-electron chi connectivity index (χ0n) is 19.9. The van der Waals surface area contributed by atoms with Crippen LogP contribution >= 0.6 is 11.6 Å². The number of amides is 2. The molecule has 0 aliphatic carbocycles. The summed E-state index contributed by atoms with van der Waals surface area (Å²) in [6.45, 7) is 6.17. The van der Waals surface area contributed by atoms with Gasteiger partial charge >= 0.3 is 5.97 Å². The van der Waals surface area contributed by atoms with Gasteiger partial charge in [-0.1, -0.05) is 53.6 Å². The molecule has 1 N–H and O–H groups in total. The van der Waals surface area contributed by atoms with E-state index in [1.165, 1.54) is 10.7 Å². The number of benzene rings is 2. The summed E-state index contributed by atoms with van der Waals surface area (Å²) in [5.74, 6) is -1.32. The van der Waals surface area contributed by atoms with Gasteiger partial charge in [0.1, 0.15) is 11.2 Å². The van der Waals surface area contributed by atoms with Crippen molar-refractivity contribution in [1.29, 1.82) is 0 Å². The van der Waals surface area contributed by atoms with Crippen LogP contribution in [0, 0.1) is 6.92 Å². The van der Waals surface area contributed by atoms with Crippen molar-refractivity contribution in [2.24, 2.45) is 0 Å². The van der Waals surface area contributed by atoms with Crippen LogP contribution in [0.1, 0.15) is 51.5 Å². The highest BCUT2D eigenvalue weighted by atomic mass is 35.5. The van der Waals surface area contributed by atoms with Crippen molar-refractivity contribution in [3.63, 3.8) is 0 Å². The van der Waals surface area contributed by atoms with Crippen molar-refractivity contribution in [2.75, 3.05) is 6.61 Å². The Hall–Kier alpha value is -3.65. The van der Waals surface area contributed by atoms with Crippen LogP contribution in [0.2, 0.25) is 5.02 Å². The molecular formula is C26H27ClN4O4. The topological polar surface area (TPSA) is 93.5 Å². The molecule has 35 heavy (non-hydrogen) atoms. The smallest absolute Gasteiger partial charge is 0.358 e. The van der Waals surface area contributed by atoms with Crippen molar-refractivity contribution in [2.45, 2.75) is 45.9 Å².